The van der Waals surface area contributed by atoms with Crippen LogP contribution < -0.4 is 0 Å². The quantitative estimate of drug-likeness (QED) is 0.863. The molecule has 0 saturated carbocycles. The van der Waals surface area contributed by atoms with Crippen molar-refractivity contribution >= 4 is 5.91 Å². The molecule has 0 aromatic heterocycles. The fraction of sp³-hybridized carbons (Fsp3) is 0.458. The molecule has 2 fully saturated rings. The standard InChI is InChI=1S/C24H30N2O2/c27-19-24(18-25-14-6-7-15-25)12-16-26(17-13-24)23(28)22-11-5-4-10-21(22)20-8-2-1-3-9-20/h1-5,8-11,27H,6-7,12-19H2. The van der Waals surface area contributed by atoms with Crippen LogP contribution in [0.4, 0.5) is 0 Å². The second-order valence-electron chi connectivity index (χ2n) is 8.35. The summed E-state index contributed by atoms with van der Waals surface area (Å²) < 4.78 is 0. The molecule has 0 radical (unpaired) electrons. The van der Waals surface area contributed by atoms with Crippen LogP contribution in [0.15, 0.2) is 54.6 Å². The number of likely N-dealkylation sites (tertiary alicyclic amines) is 2. The van der Waals surface area contributed by atoms with Crippen molar-refractivity contribution in [3.8, 4) is 11.1 Å². The average Bonchev–Trinajstić information content (AvgIpc) is 3.27. The maximum absolute atomic E-state index is 13.3. The van der Waals surface area contributed by atoms with Crippen molar-refractivity contribution in [2.24, 2.45) is 5.41 Å². The summed E-state index contributed by atoms with van der Waals surface area (Å²) in [6.07, 6.45) is 4.28. The van der Waals surface area contributed by atoms with Gasteiger partial charge in [-0.05, 0) is 56.0 Å². The summed E-state index contributed by atoms with van der Waals surface area (Å²) in [5, 5.41) is 10.1. The number of aliphatic hydroxyl groups is 1. The van der Waals surface area contributed by atoms with E-state index in [9.17, 15) is 9.90 Å². The van der Waals surface area contributed by atoms with E-state index in [1.165, 1.54) is 12.8 Å². The molecular weight excluding hydrogens is 348 g/mol. The number of carbonyl (C=O) groups excluding carboxylic acids is 1. The Labute approximate surface area is 167 Å². The lowest BCUT2D eigenvalue weighted by molar-refractivity contribution is 0.0179. The monoisotopic (exact) mass is 378 g/mol. The first-order chi connectivity index (χ1) is 13.7. The Kier molecular flexibility index (Phi) is 5.79. The molecule has 28 heavy (non-hydrogen) atoms. The number of hydrogen-bond donors (Lipinski definition) is 1. The zero-order valence-electron chi connectivity index (χ0n) is 16.5. The second kappa shape index (κ2) is 8.46. The van der Waals surface area contributed by atoms with Crippen molar-refractivity contribution in [2.45, 2.75) is 25.7 Å². The number of aliphatic hydroxyl groups excluding tert-OH is 1. The Morgan fingerprint density at radius 1 is 0.893 bits per heavy atom. The van der Waals surface area contributed by atoms with Gasteiger partial charge in [0, 0.05) is 30.6 Å². The van der Waals surface area contributed by atoms with Crippen LogP contribution in [-0.2, 0) is 0 Å². The molecule has 4 heteroatoms. The third kappa shape index (κ3) is 3.98. The van der Waals surface area contributed by atoms with Crippen molar-refractivity contribution < 1.29 is 9.90 Å². The van der Waals surface area contributed by atoms with Gasteiger partial charge in [-0.3, -0.25) is 4.79 Å². The van der Waals surface area contributed by atoms with Crippen LogP contribution in [0.2, 0.25) is 0 Å². The van der Waals surface area contributed by atoms with Crippen LogP contribution in [0, 0.1) is 5.41 Å². The number of amides is 1. The van der Waals surface area contributed by atoms with Crippen LogP contribution in [0.1, 0.15) is 36.0 Å². The third-order valence-electron chi connectivity index (χ3n) is 6.45. The SMILES string of the molecule is O=C(c1ccccc1-c1ccccc1)N1CCC(CO)(CN2CCCC2)CC1. The number of benzene rings is 2. The van der Waals surface area contributed by atoms with E-state index >= 15 is 0 Å². The second-order valence-corrected chi connectivity index (χ2v) is 8.35. The van der Waals surface area contributed by atoms with E-state index < -0.39 is 0 Å². The van der Waals surface area contributed by atoms with Crippen molar-refractivity contribution in [3.63, 3.8) is 0 Å². The molecule has 4 rings (SSSR count). The zero-order chi connectivity index (χ0) is 19.4. The predicted octanol–water partition coefficient (Wildman–Crippen LogP) is 3.66. The lowest BCUT2D eigenvalue weighted by atomic mass is 9.78. The van der Waals surface area contributed by atoms with E-state index in [0.717, 1.165) is 62.3 Å². The van der Waals surface area contributed by atoms with Gasteiger partial charge in [0.25, 0.3) is 5.91 Å². The van der Waals surface area contributed by atoms with Crippen molar-refractivity contribution in [1.82, 2.24) is 9.80 Å². The molecular formula is C24H30N2O2. The molecule has 2 aromatic rings. The molecule has 2 saturated heterocycles. The Bertz CT molecular complexity index is 791. The molecule has 2 aliphatic rings. The largest absolute Gasteiger partial charge is 0.396 e. The highest BCUT2D eigenvalue weighted by Crippen LogP contribution is 2.34. The first kappa shape index (κ1) is 19.2. The molecule has 0 unspecified atom stereocenters. The maximum atomic E-state index is 13.3. The van der Waals surface area contributed by atoms with Gasteiger partial charge in [-0.1, -0.05) is 48.5 Å². The van der Waals surface area contributed by atoms with Gasteiger partial charge in [-0.25, -0.2) is 0 Å². The summed E-state index contributed by atoms with van der Waals surface area (Å²) in [7, 11) is 0. The van der Waals surface area contributed by atoms with Crippen LogP contribution in [-0.4, -0.2) is 60.1 Å². The number of piperidine rings is 1. The number of carbonyl (C=O) groups is 1. The topological polar surface area (TPSA) is 43.8 Å². The fourth-order valence-corrected chi connectivity index (χ4v) is 4.67. The van der Waals surface area contributed by atoms with Gasteiger partial charge in [0.2, 0.25) is 0 Å². The van der Waals surface area contributed by atoms with Gasteiger partial charge in [0.15, 0.2) is 0 Å². The summed E-state index contributed by atoms with van der Waals surface area (Å²) in [6, 6.07) is 18.0. The van der Waals surface area contributed by atoms with Crippen LogP contribution >= 0.6 is 0 Å². The van der Waals surface area contributed by atoms with E-state index in [4.69, 9.17) is 0 Å². The van der Waals surface area contributed by atoms with Crippen molar-refractivity contribution in [1.29, 1.82) is 0 Å². The maximum Gasteiger partial charge on any atom is 0.254 e. The van der Waals surface area contributed by atoms with E-state index in [0.29, 0.717) is 0 Å². The van der Waals surface area contributed by atoms with Crippen LogP contribution in [0.25, 0.3) is 11.1 Å². The predicted molar refractivity (Wildman–Crippen MR) is 112 cm³/mol. The number of nitrogens with zero attached hydrogens (tertiary/aromatic N) is 2. The van der Waals surface area contributed by atoms with Crippen LogP contribution in [0.5, 0.6) is 0 Å². The third-order valence-corrected chi connectivity index (χ3v) is 6.45. The van der Waals surface area contributed by atoms with Crippen LogP contribution in [0.3, 0.4) is 0 Å². The van der Waals surface area contributed by atoms with E-state index in [1.54, 1.807) is 0 Å². The summed E-state index contributed by atoms with van der Waals surface area (Å²) >= 11 is 0. The smallest absolute Gasteiger partial charge is 0.254 e. The van der Waals surface area contributed by atoms with Gasteiger partial charge in [0.1, 0.15) is 0 Å². The molecule has 0 bridgehead atoms. The zero-order valence-corrected chi connectivity index (χ0v) is 16.5. The minimum absolute atomic E-state index is 0.0555. The van der Waals surface area contributed by atoms with Gasteiger partial charge < -0.3 is 14.9 Å². The van der Waals surface area contributed by atoms with Gasteiger partial charge in [0.05, 0.1) is 6.61 Å². The highest BCUT2D eigenvalue weighted by molar-refractivity contribution is 6.00. The summed E-state index contributed by atoms with van der Waals surface area (Å²) in [6.45, 7) is 4.91. The number of hydrogen-bond acceptors (Lipinski definition) is 3. The van der Waals surface area contributed by atoms with Gasteiger partial charge in [-0.2, -0.15) is 0 Å². The molecule has 2 heterocycles. The molecule has 0 spiro atoms. The van der Waals surface area contributed by atoms with Gasteiger partial charge >= 0.3 is 0 Å². The molecule has 1 N–H and O–H groups in total. The average molecular weight is 379 g/mol. The Hall–Kier alpha value is -2.17. The lowest BCUT2D eigenvalue weighted by Gasteiger charge is -2.42. The first-order valence-electron chi connectivity index (χ1n) is 10.5. The molecule has 2 aliphatic heterocycles. The van der Waals surface area contributed by atoms with E-state index in [1.807, 2.05) is 47.4 Å². The van der Waals surface area contributed by atoms with E-state index in [2.05, 4.69) is 17.0 Å². The highest BCUT2D eigenvalue weighted by Gasteiger charge is 2.37. The summed E-state index contributed by atoms with van der Waals surface area (Å²) in [5.74, 6) is 0.104. The molecule has 0 atom stereocenters. The molecule has 148 valence electrons. The molecule has 2 aromatic carbocycles. The minimum atomic E-state index is -0.0555. The van der Waals surface area contributed by atoms with E-state index in [-0.39, 0.29) is 17.9 Å². The van der Waals surface area contributed by atoms with Crippen molar-refractivity contribution in [2.75, 3.05) is 39.3 Å². The Morgan fingerprint density at radius 2 is 1.54 bits per heavy atom. The molecule has 1 amide bonds. The first-order valence-corrected chi connectivity index (χ1v) is 10.5. The lowest BCUT2D eigenvalue weighted by Crippen LogP contribution is -2.49. The number of rotatable bonds is 5. The minimum Gasteiger partial charge on any atom is -0.396 e. The highest BCUT2D eigenvalue weighted by atomic mass is 16.3. The molecule has 0 aliphatic carbocycles. The Balaban J connectivity index is 1.47. The normalized spacial score (nSPS) is 19.7. The van der Waals surface area contributed by atoms with Crippen molar-refractivity contribution in [3.05, 3.63) is 60.2 Å². The molecule has 4 nitrogen and oxygen atoms in total. The summed E-state index contributed by atoms with van der Waals surface area (Å²) in [4.78, 5) is 17.7. The summed E-state index contributed by atoms with van der Waals surface area (Å²) in [5.41, 5.74) is 2.77. The fourth-order valence-electron chi connectivity index (χ4n) is 4.67. The van der Waals surface area contributed by atoms with Gasteiger partial charge in [-0.15, -0.1) is 0 Å². The Morgan fingerprint density at radius 3 is 2.21 bits per heavy atom.